The van der Waals surface area contributed by atoms with Gasteiger partial charge in [0.1, 0.15) is 5.70 Å². The molecule has 4 aromatic carbocycles. The first kappa shape index (κ1) is 29.4. The van der Waals surface area contributed by atoms with Crippen LogP contribution in [0.4, 0.5) is 11.4 Å². The smallest absolute Gasteiger partial charge is 0.272 e. The van der Waals surface area contributed by atoms with Gasteiger partial charge in [-0.2, -0.15) is 0 Å². The molecule has 0 fully saturated rings. The molecule has 0 saturated carbocycles. The highest BCUT2D eigenvalue weighted by Gasteiger charge is 2.16. The summed E-state index contributed by atoms with van der Waals surface area (Å²) in [5, 5.41) is 9.15. The monoisotopic (exact) mass is 653 g/mol. The Kier molecular flexibility index (Phi) is 10.4. The van der Waals surface area contributed by atoms with Crippen molar-refractivity contribution in [3.8, 4) is 0 Å². The van der Waals surface area contributed by atoms with Crippen LogP contribution in [0.3, 0.4) is 0 Å². The number of rotatable bonds is 9. The van der Waals surface area contributed by atoms with Crippen molar-refractivity contribution in [2.45, 2.75) is 4.90 Å². The number of anilines is 2. The van der Waals surface area contributed by atoms with Gasteiger partial charge in [0.15, 0.2) is 0 Å². The summed E-state index contributed by atoms with van der Waals surface area (Å²) in [5.74, 6) is -1.05. The summed E-state index contributed by atoms with van der Waals surface area (Å²) in [7, 11) is 0. The number of carbonyl (C=O) groups is 3. The number of benzene rings is 4. The normalized spacial score (nSPS) is 11.0. The number of carbonyl (C=O) groups excluding carboxylic acids is 3. The highest BCUT2D eigenvalue weighted by molar-refractivity contribution is 9.10. The van der Waals surface area contributed by atoms with Crippen molar-refractivity contribution < 1.29 is 14.4 Å². The molecule has 0 aliphatic carbocycles. The van der Waals surface area contributed by atoms with Crippen LogP contribution in [0.25, 0.3) is 6.08 Å². The summed E-state index contributed by atoms with van der Waals surface area (Å²) in [6.45, 7) is 0. The molecule has 0 aliphatic rings. The molecule has 0 heterocycles. The molecule has 3 N–H and O–H groups in total. The Hall–Kier alpha value is -3.56. The van der Waals surface area contributed by atoms with E-state index in [0.29, 0.717) is 27.0 Å². The maximum Gasteiger partial charge on any atom is 0.272 e. The van der Waals surface area contributed by atoms with Crippen LogP contribution in [0.5, 0.6) is 0 Å². The molecule has 0 spiro atoms. The fourth-order valence-corrected chi connectivity index (χ4v) is 4.81. The lowest BCUT2D eigenvalue weighted by Gasteiger charge is -2.12. The first-order valence-corrected chi connectivity index (χ1v) is 14.4. The number of thioether (sulfide) groups is 1. The van der Waals surface area contributed by atoms with E-state index in [2.05, 4.69) is 31.9 Å². The van der Waals surface area contributed by atoms with Crippen LogP contribution in [0, 0.1) is 0 Å². The molecular formula is C30H22BrCl2N3O3S. The van der Waals surface area contributed by atoms with Gasteiger partial charge in [-0.25, -0.2) is 0 Å². The zero-order valence-electron chi connectivity index (χ0n) is 20.8. The van der Waals surface area contributed by atoms with Gasteiger partial charge in [-0.05, 0) is 72.3 Å². The zero-order valence-corrected chi connectivity index (χ0v) is 24.7. The fraction of sp³-hybridized carbons (Fsp3) is 0.0333. The second-order valence-electron chi connectivity index (χ2n) is 8.37. The Morgan fingerprint density at radius 1 is 0.825 bits per heavy atom. The fourth-order valence-electron chi connectivity index (χ4n) is 3.46. The molecule has 4 rings (SSSR count). The molecule has 3 amide bonds. The van der Waals surface area contributed by atoms with Crippen molar-refractivity contribution in [2.75, 3.05) is 16.4 Å². The van der Waals surface area contributed by atoms with E-state index in [1.165, 1.54) is 11.8 Å². The molecule has 0 aromatic heterocycles. The van der Waals surface area contributed by atoms with E-state index >= 15 is 0 Å². The Balaban J connectivity index is 1.45. The quantitative estimate of drug-likeness (QED) is 0.127. The Bertz CT molecular complexity index is 1560. The van der Waals surface area contributed by atoms with E-state index < -0.39 is 11.8 Å². The van der Waals surface area contributed by atoms with Gasteiger partial charge >= 0.3 is 0 Å². The van der Waals surface area contributed by atoms with Gasteiger partial charge in [0.2, 0.25) is 5.91 Å². The Labute approximate surface area is 254 Å². The van der Waals surface area contributed by atoms with E-state index in [0.717, 1.165) is 14.9 Å². The average molecular weight is 655 g/mol. The number of halogens is 3. The molecule has 0 unspecified atom stereocenters. The minimum atomic E-state index is -0.498. The third-order valence-corrected chi connectivity index (χ3v) is 7.46. The lowest BCUT2D eigenvalue weighted by Crippen LogP contribution is -2.30. The summed E-state index contributed by atoms with van der Waals surface area (Å²) in [6, 6.07) is 27.9. The van der Waals surface area contributed by atoms with Crippen molar-refractivity contribution >= 4 is 86.1 Å². The van der Waals surface area contributed by atoms with Crippen molar-refractivity contribution in [1.29, 1.82) is 0 Å². The third kappa shape index (κ3) is 8.72. The molecule has 10 heteroatoms. The lowest BCUT2D eigenvalue weighted by molar-refractivity contribution is -0.114. The van der Waals surface area contributed by atoms with Crippen LogP contribution in [-0.2, 0) is 9.59 Å². The van der Waals surface area contributed by atoms with E-state index in [-0.39, 0.29) is 17.4 Å². The molecule has 202 valence electrons. The summed E-state index contributed by atoms with van der Waals surface area (Å²) in [5.41, 5.74) is 2.17. The summed E-state index contributed by atoms with van der Waals surface area (Å²) >= 11 is 16.8. The summed E-state index contributed by atoms with van der Waals surface area (Å²) in [4.78, 5) is 39.3. The van der Waals surface area contributed by atoms with Crippen LogP contribution in [0.15, 0.2) is 112 Å². The standard InChI is InChI=1S/C30H22BrCl2N3O3S/c31-21-11-9-19(10-12-21)15-27(36-29(38)20-5-2-1-3-6-20)30(39)34-23-7-4-8-24(17-23)40-18-28(37)35-26-16-22(32)13-14-25(26)33/h1-17H,18H2,(H,34,39)(H,35,37)(H,36,38)/b27-15+. The largest absolute Gasteiger partial charge is 0.324 e. The van der Waals surface area contributed by atoms with Crippen LogP contribution in [0.2, 0.25) is 10.0 Å². The number of nitrogens with one attached hydrogen (secondary N) is 3. The van der Waals surface area contributed by atoms with E-state index in [9.17, 15) is 14.4 Å². The maximum atomic E-state index is 13.3. The van der Waals surface area contributed by atoms with Gasteiger partial charge in [0.25, 0.3) is 11.8 Å². The lowest BCUT2D eigenvalue weighted by atomic mass is 10.1. The SMILES string of the molecule is O=C(CSc1cccc(NC(=O)/C(=C\c2ccc(Br)cc2)NC(=O)c2ccccc2)c1)Nc1cc(Cl)ccc1Cl. The van der Waals surface area contributed by atoms with Crippen molar-refractivity contribution in [1.82, 2.24) is 5.32 Å². The van der Waals surface area contributed by atoms with Crippen LogP contribution < -0.4 is 16.0 Å². The highest BCUT2D eigenvalue weighted by Crippen LogP contribution is 2.27. The Morgan fingerprint density at radius 3 is 2.33 bits per heavy atom. The van der Waals surface area contributed by atoms with Gasteiger partial charge in [-0.1, -0.05) is 75.5 Å². The van der Waals surface area contributed by atoms with Gasteiger partial charge in [0, 0.05) is 25.6 Å². The second kappa shape index (κ2) is 14.2. The third-order valence-electron chi connectivity index (χ3n) is 5.37. The molecule has 0 atom stereocenters. The molecule has 4 aromatic rings. The predicted molar refractivity (Wildman–Crippen MR) is 167 cm³/mol. The topological polar surface area (TPSA) is 87.3 Å². The van der Waals surface area contributed by atoms with Gasteiger partial charge in [0.05, 0.1) is 16.5 Å². The molecule has 0 aliphatic heterocycles. The van der Waals surface area contributed by atoms with Crippen molar-refractivity contribution in [3.63, 3.8) is 0 Å². The van der Waals surface area contributed by atoms with E-state index in [1.807, 2.05) is 36.4 Å². The Morgan fingerprint density at radius 2 is 1.57 bits per heavy atom. The van der Waals surface area contributed by atoms with E-state index in [4.69, 9.17) is 23.2 Å². The molecule has 40 heavy (non-hydrogen) atoms. The molecular weight excluding hydrogens is 633 g/mol. The van der Waals surface area contributed by atoms with Gasteiger partial charge in [-0.3, -0.25) is 14.4 Å². The molecule has 6 nitrogen and oxygen atoms in total. The predicted octanol–water partition coefficient (Wildman–Crippen LogP) is 7.90. The minimum Gasteiger partial charge on any atom is -0.324 e. The van der Waals surface area contributed by atoms with Crippen LogP contribution in [-0.4, -0.2) is 23.5 Å². The average Bonchev–Trinajstić information content (AvgIpc) is 2.95. The zero-order chi connectivity index (χ0) is 28.5. The first-order chi connectivity index (χ1) is 19.3. The number of hydrogen-bond acceptors (Lipinski definition) is 4. The van der Waals surface area contributed by atoms with Crippen molar-refractivity contribution in [3.05, 3.63) is 128 Å². The highest BCUT2D eigenvalue weighted by atomic mass is 79.9. The van der Waals surface area contributed by atoms with Gasteiger partial charge < -0.3 is 16.0 Å². The van der Waals surface area contributed by atoms with Crippen molar-refractivity contribution in [2.24, 2.45) is 0 Å². The summed E-state index contributed by atoms with van der Waals surface area (Å²) in [6.07, 6.45) is 1.60. The molecule has 0 radical (unpaired) electrons. The number of hydrogen-bond donors (Lipinski definition) is 3. The second-order valence-corrected chi connectivity index (χ2v) is 11.2. The van der Waals surface area contributed by atoms with E-state index in [1.54, 1.807) is 66.7 Å². The summed E-state index contributed by atoms with van der Waals surface area (Å²) < 4.78 is 0.891. The van der Waals surface area contributed by atoms with Crippen LogP contribution >= 0.6 is 50.9 Å². The van der Waals surface area contributed by atoms with Gasteiger partial charge in [-0.15, -0.1) is 11.8 Å². The molecule has 0 saturated heterocycles. The first-order valence-electron chi connectivity index (χ1n) is 11.9. The molecule has 0 bridgehead atoms. The minimum absolute atomic E-state index is 0.0759. The maximum absolute atomic E-state index is 13.3. The van der Waals surface area contributed by atoms with Crippen LogP contribution in [0.1, 0.15) is 15.9 Å². The number of amides is 3.